The average molecular weight is 201 g/mol. The van der Waals surface area contributed by atoms with E-state index in [4.69, 9.17) is 5.11 Å². The Morgan fingerprint density at radius 3 is 2.57 bits per heavy atom. The molecule has 0 amide bonds. The summed E-state index contributed by atoms with van der Waals surface area (Å²) in [7, 11) is 1.29. The van der Waals surface area contributed by atoms with Gasteiger partial charge in [0.1, 0.15) is 5.70 Å². The normalized spacial score (nSPS) is 11.1. The summed E-state index contributed by atoms with van der Waals surface area (Å²) in [6.07, 6.45) is 3.06. The largest absolute Gasteiger partial charge is 0.477 e. The third kappa shape index (κ3) is 5.31. The summed E-state index contributed by atoms with van der Waals surface area (Å²) < 4.78 is 0. The number of nitrogens with one attached hydrogen (secondary N) is 1. The number of rotatable bonds is 7. The van der Waals surface area contributed by atoms with Crippen LogP contribution in [0.25, 0.3) is 0 Å². The summed E-state index contributed by atoms with van der Waals surface area (Å²) >= 11 is 0. The van der Waals surface area contributed by atoms with Gasteiger partial charge in [-0.15, -0.1) is 0 Å². The Kier molecular flexibility index (Phi) is 6.39. The smallest absolute Gasteiger partial charge is 0.354 e. The second-order valence-electron chi connectivity index (χ2n) is 2.74. The number of ketones is 1. The predicted octanol–water partition coefficient (Wildman–Crippen LogP) is 0.865. The van der Waals surface area contributed by atoms with Gasteiger partial charge in [-0.2, -0.15) is 0 Å². The van der Waals surface area contributed by atoms with E-state index in [-0.39, 0.29) is 11.5 Å². The highest BCUT2D eigenvalue weighted by molar-refractivity contribution is 5.98. The molecule has 14 heavy (non-hydrogen) atoms. The van der Waals surface area contributed by atoms with E-state index in [0.717, 1.165) is 18.9 Å². The first-order valence-electron chi connectivity index (χ1n) is 4.38. The maximum Gasteiger partial charge on any atom is 0.354 e. The maximum absolute atomic E-state index is 11.2. The molecule has 2 N–H and O–H groups in total. The Balaban J connectivity index is 4.25. The van der Waals surface area contributed by atoms with E-state index in [1.807, 2.05) is 6.92 Å². The molecule has 0 aromatic rings. The number of carboxylic acids is 1. The van der Waals surface area contributed by atoms with E-state index in [1.54, 1.807) is 0 Å². The molecule has 0 bridgehead atoms. The maximum atomic E-state index is 11.2. The Bertz CT molecular complexity index is 235. The number of hydrogen-bond acceptors (Lipinski definition) is 4. The van der Waals surface area contributed by atoms with Crippen LogP contribution >= 0.6 is 0 Å². The van der Waals surface area contributed by atoms with Gasteiger partial charge in [0.25, 0.3) is 0 Å². The standard InChI is InChI=1S/C9H15NO4/c1-3-4-5-7(11)6-8(9(12)13)10-14-2/h6,10H,3-5H2,1-2H3,(H,12,13). The minimum atomic E-state index is -1.21. The molecule has 0 aliphatic heterocycles. The van der Waals surface area contributed by atoms with Crippen molar-refractivity contribution < 1.29 is 19.5 Å². The summed E-state index contributed by atoms with van der Waals surface area (Å²) in [4.78, 5) is 26.1. The molecule has 0 fully saturated rings. The van der Waals surface area contributed by atoms with Gasteiger partial charge in [-0.05, 0) is 6.42 Å². The SMILES string of the molecule is CCCCC(=O)C=C(NOC)C(=O)O. The van der Waals surface area contributed by atoms with E-state index in [9.17, 15) is 9.59 Å². The lowest BCUT2D eigenvalue weighted by atomic mass is 10.1. The first kappa shape index (κ1) is 12.6. The number of unbranched alkanes of at least 4 members (excludes halogenated alkanes) is 1. The van der Waals surface area contributed by atoms with E-state index >= 15 is 0 Å². The van der Waals surface area contributed by atoms with Crippen molar-refractivity contribution in [1.29, 1.82) is 0 Å². The van der Waals surface area contributed by atoms with E-state index in [2.05, 4.69) is 10.3 Å². The molecule has 0 unspecified atom stereocenters. The second-order valence-corrected chi connectivity index (χ2v) is 2.74. The zero-order valence-corrected chi connectivity index (χ0v) is 8.37. The molecule has 5 nitrogen and oxygen atoms in total. The highest BCUT2D eigenvalue weighted by Gasteiger charge is 2.08. The fraction of sp³-hybridized carbons (Fsp3) is 0.556. The van der Waals surface area contributed by atoms with Gasteiger partial charge in [0.05, 0.1) is 7.11 Å². The lowest BCUT2D eigenvalue weighted by Gasteiger charge is -2.02. The minimum absolute atomic E-state index is 0.214. The number of hydrogen-bond donors (Lipinski definition) is 2. The molecule has 0 aliphatic rings. The summed E-state index contributed by atoms with van der Waals surface area (Å²) in [6.45, 7) is 1.96. The monoisotopic (exact) mass is 201 g/mol. The number of hydroxylamine groups is 1. The molecular weight excluding hydrogens is 186 g/mol. The highest BCUT2D eigenvalue weighted by atomic mass is 16.6. The van der Waals surface area contributed by atoms with Gasteiger partial charge in [0.2, 0.25) is 0 Å². The quantitative estimate of drug-likeness (QED) is 0.472. The third-order valence-electron chi connectivity index (χ3n) is 1.52. The average Bonchev–Trinajstić information content (AvgIpc) is 2.14. The van der Waals surface area contributed by atoms with Crippen LogP contribution in [0.4, 0.5) is 0 Å². The highest BCUT2D eigenvalue weighted by Crippen LogP contribution is 1.99. The number of aliphatic carboxylic acids is 1. The van der Waals surface area contributed by atoms with Crippen molar-refractivity contribution >= 4 is 11.8 Å². The van der Waals surface area contributed by atoms with Crippen molar-refractivity contribution in [1.82, 2.24) is 5.48 Å². The van der Waals surface area contributed by atoms with Crippen molar-refractivity contribution in [2.24, 2.45) is 0 Å². The van der Waals surface area contributed by atoms with E-state index in [0.29, 0.717) is 6.42 Å². The Morgan fingerprint density at radius 2 is 2.14 bits per heavy atom. The molecule has 0 heterocycles. The minimum Gasteiger partial charge on any atom is -0.477 e. The summed E-state index contributed by atoms with van der Waals surface area (Å²) in [5, 5.41) is 8.62. The molecule has 0 aromatic carbocycles. The molecule has 5 heteroatoms. The van der Waals surface area contributed by atoms with Gasteiger partial charge in [-0.1, -0.05) is 13.3 Å². The van der Waals surface area contributed by atoms with Crippen LogP contribution in [0.3, 0.4) is 0 Å². The van der Waals surface area contributed by atoms with Crippen molar-refractivity contribution in [3.05, 3.63) is 11.8 Å². The van der Waals surface area contributed by atoms with Crippen LogP contribution in [0.2, 0.25) is 0 Å². The Hall–Kier alpha value is -1.36. The van der Waals surface area contributed by atoms with Crippen molar-refractivity contribution in [3.63, 3.8) is 0 Å². The molecular formula is C9H15NO4. The molecule has 0 saturated carbocycles. The van der Waals surface area contributed by atoms with Crippen LogP contribution in [0.5, 0.6) is 0 Å². The second kappa shape index (κ2) is 7.08. The fourth-order valence-electron chi connectivity index (χ4n) is 0.829. The van der Waals surface area contributed by atoms with Crippen molar-refractivity contribution in [2.45, 2.75) is 26.2 Å². The van der Waals surface area contributed by atoms with Crippen LogP contribution in [0.15, 0.2) is 11.8 Å². The molecule has 0 aromatic heterocycles. The summed E-state index contributed by atoms with van der Waals surface area (Å²) in [6, 6.07) is 0. The van der Waals surface area contributed by atoms with Crippen LogP contribution in [0.1, 0.15) is 26.2 Å². The molecule has 0 atom stereocenters. The third-order valence-corrected chi connectivity index (χ3v) is 1.52. The lowest BCUT2D eigenvalue weighted by molar-refractivity contribution is -0.134. The van der Waals surface area contributed by atoms with Gasteiger partial charge in [0.15, 0.2) is 5.78 Å². The van der Waals surface area contributed by atoms with Gasteiger partial charge < -0.3 is 5.11 Å². The van der Waals surface area contributed by atoms with Crippen molar-refractivity contribution in [2.75, 3.05) is 7.11 Å². The summed E-state index contributed by atoms with van der Waals surface area (Å²) in [5.74, 6) is -1.43. The van der Waals surface area contributed by atoms with Gasteiger partial charge in [-0.3, -0.25) is 15.1 Å². The number of carboxylic acid groups (broad SMARTS) is 1. The van der Waals surface area contributed by atoms with Crippen LogP contribution in [-0.2, 0) is 14.4 Å². The van der Waals surface area contributed by atoms with E-state index < -0.39 is 5.97 Å². The Labute approximate surface area is 82.7 Å². The molecule has 80 valence electrons. The zero-order chi connectivity index (χ0) is 11.0. The number of carbonyl (C=O) groups is 2. The topological polar surface area (TPSA) is 75.6 Å². The first-order valence-corrected chi connectivity index (χ1v) is 4.38. The molecule has 0 rings (SSSR count). The van der Waals surface area contributed by atoms with Crippen LogP contribution in [-0.4, -0.2) is 24.0 Å². The van der Waals surface area contributed by atoms with E-state index in [1.165, 1.54) is 7.11 Å². The number of carbonyl (C=O) groups excluding carboxylic acids is 1. The van der Waals surface area contributed by atoms with Crippen molar-refractivity contribution in [3.8, 4) is 0 Å². The van der Waals surface area contributed by atoms with Crippen LogP contribution < -0.4 is 5.48 Å². The Morgan fingerprint density at radius 1 is 1.50 bits per heavy atom. The van der Waals surface area contributed by atoms with Crippen LogP contribution in [0, 0.1) is 0 Å². The molecule has 0 spiro atoms. The zero-order valence-electron chi connectivity index (χ0n) is 8.37. The fourth-order valence-corrected chi connectivity index (χ4v) is 0.829. The first-order chi connectivity index (χ1) is 6.61. The van der Waals surface area contributed by atoms with Gasteiger partial charge in [-0.25, -0.2) is 4.79 Å². The predicted molar refractivity (Wildman–Crippen MR) is 50.4 cm³/mol. The van der Waals surface area contributed by atoms with Gasteiger partial charge >= 0.3 is 5.97 Å². The lowest BCUT2D eigenvalue weighted by Crippen LogP contribution is -2.20. The number of allylic oxidation sites excluding steroid dienone is 1. The molecule has 0 aliphatic carbocycles. The molecule has 0 radical (unpaired) electrons. The van der Waals surface area contributed by atoms with Gasteiger partial charge in [0, 0.05) is 12.5 Å². The molecule has 0 saturated heterocycles. The summed E-state index contributed by atoms with van der Waals surface area (Å²) in [5.41, 5.74) is 1.89.